The molecule has 15 heavy (non-hydrogen) atoms. The molecule has 0 atom stereocenters. The number of hydrogen-bond donors (Lipinski definition) is 1. The van der Waals surface area contributed by atoms with Gasteiger partial charge in [-0.1, -0.05) is 0 Å². The first-order valence-corrected chi connectivity index (χ1v) is 5.33. The van der Waals surface area contributed by atoms with Crippen molar-refractivity contribution >= 4 is 6.01 Å². The standard InChI is InChI=1S/C11H21N3O/c1-6-14(5)10-13-9(8-15-10)7-12-11(2,3)4/h8,12H,6-7H2,1-5H3. The number of nitrogens with one attached hydrogen (secondary N) is 1. The second-order valence-electron chi connectivity index (χ2n) is 4.74. The highest BCUT2D eigenvalue weighted by molar-refractivity contribution is 5.24. The van der Waals surface area contributed by atoms with E-state index in [2.05, 4.69) is 38.0 Å². The van der Waals surface area contributed by atoms with Crippen LogP contribution >= 0.6 is 0 Å². The van der Waals surface area contributed by atoms with Gasteiger partial charge in [-0.05, 0) is 27.7 Å². The Bertz CT molecular complexity index is 301. The van der Waals surface area contributed by atoms with Gasteiger partial charge in [0.1, 0.15) is 6.26 Å². The number of aromatic nitrogens is 1. The van der Waals surface area contributed by atoms with Crippen LogP contribution in [-0.2, 0) is 6.54 Å². The monoisotopic (exact) mass is 211 g/mol. The van der Waals surface area contributed by atoms with Gasteiger partial charge in [-0.15, -0.1) is 0 Å². The lowest BCUT2D eigenvalue weighted by Crippen LogP contribution is -2.35. The molecule has 0 aliphatic rings. The molecule has 0 aromatic carbocycles. The summed E-state index contributed by atoms with van der Waals surface area (Å²) < 4.78 is 5.36. The van der Waals surface area contributed by atoms with E-state index in [1.807, 2.05) is 11.9 Å². The first-order valence-electron chi connectivity index (χ1n) is 5.33. The van der Waals surface area contributed by atoms with Crippen LogP contribution in [0.15, 0.2) is 10.7 Å². The van der Waals surface area contributed by atoms with Crippen LogP contribution in [0.2, 0.25) is 0 Å². The van der Waals surface area contributed by atoms with Gasteiger partial charge < -0.3 is 14.6 Å². The fraction of sp³-hybridized carbons (Fsp3) is 0.727. The Morgan fingerprint density at radius 1 is 1.47 bits per heavy atom. The first kappa shape index (κ1) is 12.0. The Balaban J connectivity index is 2.53. The lowest BCUT2D eigenvalue weighted by atomic mass is 10.1. The second-order valence-corrected chi connectivity index (χ2v) is 4.74. The van der Waals surface area contributed by atoms with Crippen LogP contribution in [0.3, 0.4) is 0 Å². The Hall–Kier alpha value is -1.03. The fourth-order valence-corrected chi connectivity index (χ4v) is 1.04. The van der Waals surface area contributed by atoms with E-state index < -0.39 is 0 Å². The summed E-state index contributed by atoms with van der Waals surface area (Å²) in [5.41, 5.74) is 1.05. The lowest BCUT2D eigenvalue weighted by molar-refractivity contribution is 0.421. The third-order valence-electron chi connectivity index (χ3n) is 2.14. The minimum Gasteiger partial charge on any atom is -0.432 e. The second kappa shape index (κ2) is 4.66. The molecule has 0 aliphatic carbocycles. The molecule has 1 rings (SSSR count). The van der Waals surface area contributed by atoms with E-state index >= 15 is 0 Å². The van der Waals surface area contributed by atoms with Gasteiger partial charge in [-0.2, -0.15) is 4.98 Å². The van der Waals surface area contributed by atoms with Gasteiger partial charge in [0.05, 0.1) is 5.69 Å². The number of oxazole rings is 1. The molecule has 0 radical (unpaired) electrons. The highest BCUT2D eigenvalue weighted by Gasteiger charge is 2.11. The smallest absolute Gasteiger partial charge is 0.297 e. The minimum atomic E-state index is 0.107. The van der Waals surface area contributed by atoms with Gasteiger partial charge in [-0.25, -0.2) is 0 Å². The lowest BCUT2D eigenvalue weighted by Gasteiger charge is -2.19. The summed E-state index contributed by atoms with van der Waals surface area (Å²) >= 11 is 0. The molecule has 1 aromatic rings. The minimum absolute atomic E-state index is 0.107. The SMILES string of the molecule is CCN(C)c1nc(CNC(C)(C)C)co1. The topological polar surface area (TPSA) is 41.3 Å². The van der Waals surface area contributed by atoms with Gasteiger partial charge in [0.25, 0.3) is 6.01 Å². The Kier molecular flexibility index (Phi) is 3.74. The molecule has 0 spiro atoms. The van der Waals surface area contributed by atoms with Crippen molar-refractivity contribution in [3.63, 3.8) is 0 Å². The Morgan fingerprint density at radius 3 is 2.67 bits per heavy atom. The molecule has 0 bridgehead atoms. The number of nitrogens with zero attached hydrogens (tertiary/aromatic N) is 2. The van der Waals surface area contributed by atoms with Crippen LogP contribution in [-0.4, -0.2) is 24.1 Å². The van der Waals surface area contributed by atoms with Crippen molar-refractivity contribution in [2.45, 2.75) is 39.8 Å². The molecule has 86 valence electrons. The van der Waals surface area contributed by atoms with Crippen molar-refractivity contribution < 1.29 is 4.42 Å². The van der Waals surface area contributed by atoms with Crippen molar-refractivity contribution in [2.24, 2.45) is 0 Å². The maximum absolute atomic E-state index is 5.36. The Morgan fingerprint density at radius 2 is 2.13 bits per heavy atom. The van der Waals surface area contributed by atoms with Crippen LogP contribution in [0.1, 0.15) is 33.4 Å². The molecule has 1 N–H and O–H groups in total. The third-order valence-corrected chi connectivity index (χ3v) is 2.14. The van der Waals surface area contributed by atoms with E-state index in [1.165, 1.54) is 0 Å². The summed E-state index contributed by atoms with van der Waals surface area (Å²) in [5, 5.41) is 3.37. The third kappa shape index (κ3) is 3.91. The predicted octanol–water partition coefficient (Wildman–Crippen LogP) is 2.02. The quantitative estimate of drug-likeness (QED) is 0.827. The average molecular weight is 211 g/mol. The number of hydrogen-bond acceptors (Lipinski definition) is 4. The zero-order valence-corrected chi connectivity index (χ0v) is 10.3. The molecule has 1 aromatic heterocycles. The van der Waals surface area contributed by atoms with E-state index in [-0.39, 0.29) is 5.54 Å². The van der Waals surface area contributed by atoms with Crippen LogP contribution in [0.5, 0.6) is 0 Å². The molecule has 0 unspecified atom stereocenters. The van der Waals surface area contributed by atoms with Crippen molar-refractivity contribution in [1.82, 2.24) is 10.3 Å². The highest BCUT2D eigenvalue weighted by Crippen LogP contribution is 2.12. The van der Waals surface area contributed by atoms with E-state index in [9.17, 15) is 0 Å². The summed E-state index contributed by atoms with van der Waals surface area (Å²) in [6.45, 7) is 10.1. The zero-order chi connectivity index (χ0) is 11.5. The maximum Gasteiger partial charge on any atom is 0.297 e. The summed E-state index contributed by atoms with van der Waals surface area (Å²) in [6.07, 6.45) is 1.71. The summed E-state index contributed by atoms with van der Waals surface area (Å²) in [5.74, 6) is 0. The molecule has 0 aliphatic heterocycles. The summed E-state index contributed by atoms with van der Waals surface area (Å²) in [7, 11) is 1.97. The molecule has 0 amide bonds. The van der Waals surface area contributed by atoms with Crippen LogP contribution < -0.4 is 10.2 Å². The molecule has 0 saturated carbocycles. The molecule has 0 saturated heterocycles. The fourth-order valence-electron chi connectivity index (χ4n) is 1.04. The van der Waals surface area contributed by atoms with Crippen molar-refractivity contribution in [3.05, 3.63) is 12.0 Å². The van der Waals surface area contributed by atoms with Gasteiger partial charge >= 0.3 is 0 Å². The average Bonchev–Trinajstić information content (AvgIpc) is 2.61. The van der Waals surface area contributed by atoms with Gasteiger partial charge in [0, 0.05) is 25.7 Å². The molecule has 4 heteroatoms. The normalized spacial score (nSPS) is 11.8. The molecular formula is C11H21N3O. The van der Waals surface area contributed by atoms with E-state index in [0.29, 0.717) is 6.01 Å². The molecule has 0 fully saturated rings. The van der Waals surface area contributed by atoms with Crippen LogP contribution in [0, 0.1) is 0 Å². The first-order chi connectivity index (χ1) is 6.92. The highest BCUT2D eigenvalue weighted by atomic mass is 16.4. The van der Waals surface area contributed by atoms with E-state index in [1.54, 1.807) is 6.26 Å². The summed E-state index contributed by atoms with van der Waals surface area (Å²) in [4.78, 5) is 6.35. The van der Waals surface area contributed by atoms with Crippen molar-refractivity contribution in [1.29, 1.82) is 0 Å². The van der Waals surface area contributed by atoms with Crippen molar-refractivity contribution in [2.75, 3.05) is 18.5 Å². The number of rotatable bonds is 4. The largest absolute Gasteiger partial charge is 0.432 e. The van der Waals surface area contributed by atoms with E-state index in [0.717, 1.165) is 18.8 Å². The van der Waals surface area contributed by atoms with Gasteiger partial charge in [0.15, 0.2) is 0 Å². The van der Waals surface area contributed by atoms with Crippen LogP contribution in [0.4, 0.5) is 6.01 Å². The maximum atomic E-state index is 5.36. The molecule has 4 nitrogen and oxygen atoms in total. The van der Waals surface area contributed by atoms with Gasteiger partial charge in [0.2, 0.25) is 0 Å². The van der Waals surface area contributed by atoms with Crippen LogP contribution in [0.25, 0.3) is 0 Å². The van der Waals surface area contributed by atoms with Crippen molar-refractivity contribution in [3.8, 4) is 0 Å². The molecular weight excluding hydrogens is 190 g/mol. The summed E-state index contributed by atoms with van der Waals surface area (Å²) in [6, 6.07) is 0.684. The number of anilines is 1. The Labute approximate surface area is 91.7 Å². The predicted molar refractivity (Wildman–Crippen MR) is 62.0 cm³/mol. The van der Waals surface area contributed by atoms with Gasteiger partial charge in [-0.3, -0.25) is 0 Å². The van der Waals surface area contributed by atoms with E-state index in [4.69, 9.17) is 4.42 Å². The molecule has 1 heterocycles. The zero-order valence-electron chi connectivity index (χ0n) is 10.3.